The monoisotopic (exact) mass is 134 g/mol. The highest BCUT2D eigenvalue weighted by atomic mass is 16.6. The molecule has 0 saturated carbocycles. The minimum atomic E-state index is -0.174. The molecule has 0 aliphatic rings. The topological polar surface area (TPSA) is 38.7 Å². The summed E-state index contributed by atoms with van der Waals surface area (Å²) >= 11 is 0. The number of ether oxygens (including phenoxy) is 2. The molecule has 0 aromatic rings. The van der Waals surface area contributed by atoms with Crippen molar-refractivity contribution in [3.63, 3.8) is 0 Å². The summed E-state index contributed by atoms with van der Waals surface area (Å²) in [6, 6.07) is 0. The van der Waals surface area contributed by atoms with Gasteiger partial charge < -0.3 is 14.6 Å². The van der Waals surface area contributed by atoms with E-state index in [0.29, 0.717) is 6.61 Å². The summed E-state index contributed by atoms with van der Waals surface area (Å²) in [6.07, 6.45) is 1.95. The summed E-state index contributed by atoms with van der Waals surface area (Å²) in [6.45, 7) is 1.22. The van der Waals surface area contributed by atoms with Crippen LogP contribution in [0, 0.1) is 0 Å². The highest BCUT2D eigenvalue weighted by molar-refractivity contribution is 4.34. The zero-order valence-corrected chi connectivity index (χ0v) is 5.80. The Hall–Kier alpha value is -0.120. The molecule has 56 valence electrons. The number of aliphatic hydroxyl groups excluding tert-OH is 1. The summed E-state index contributed by atoms with van der Waals surface area (Å²) < 4.78 is 9.48. The molecule has 0 radical (unpaired) electrons. The molecule has 0 aliphatic carbocycles. The fourth-order valence-corrected chi connectivity index (χ4v) is 0.515. The lowest BCUT2D eigenvalue weighted by atomic mass is 10.3. The smallest absolute Gasteiger partial charge is 0.143 e. The van der Waals surface area contributed by atoms with Gasteiger partial charge in [-0.2, -0.15) is 0 Å². The Morgan fingerprint density at radius 2 is 1.89 bits per heavy atom. The zero-order chi connectivity index (χ0) is 6.95. The first-order chi connectivity index (χ1) is 4.41. The number of methoxy groups -OCH3 is 1. The molecule has 3 heteroatoms. The molecule has 0 bridgehead atoms. The highest BCUT2D eigenvalue weighted by Crippen LogP contribution is 1.88. The van der Waals surface area contributed by atoms with E-state index in [1.165, 1.54) is 0 Å². The maximum Gasteiger partial charge on any atom is 0.143 e. The lowest BCUT2D eigenvalue weighted by molar-refractivity contribution is -0.00424. The molecule has 0 unspecified atom stereocenters. The molecular weight excluding hydrogens is 120 g/mol. The van der Waals surface area contributed by atoms with Crippen molar-refractivity contribution in [2.75, 3.05) is 27.1 Å². The Balaban J connectivity index is 2.60. The van der Waals surface area contributed by atoms with E-state index in [1.54, 1.807) is 7.11 Å². The zero-order valence-electron chi connectivity index (χ0n) is 5.80. The molecular formula is C6H14O3. The van der Waals surface area contributed by atoms with Crippen LogP contribution in [0.25, 0.3) is 0 Å². The van der Waals surface area contributed by atoms with E-state index in [4.69, 9.17) is 9.84 Å². The van der Waals surface area contributed by atoms with Gasteiger partial charge in [-0.1, -0.05) is 0 Å². The van der Waals surface area contributed by atoms with Gasteiger partial charge >= 0.3 is 0 Å². The molecule has 0 rings (SSSR count). The number of unbranched alkanes of at least 4 members (excludes halogenated alkanes) is 1. The van der Waals surface area contributed by atoms with E-state index in [0.717, 1.165) is 19.4 Å². The van der Waals surface area contributed by atoms with Gasteiger partial charge in [-0.05, 0) is 12.8 Å². The Bertz CT molecular complexity index is 41.6. The summed E-state index contributed by atoms with van der Waals surface area (Å²) in [5, 5.41) is 8.17. The van der Waals surface area contributed by atoms with Gasteiger partial charge in [-0.3, -0.25) is 0 Å². The van der Waals surface area contributed by atoms with Crippen molar-refractivity contribution in [3.05, 3.63) is 0 Å². The van der Waals surface area contributed by atoms with E-state index in [1.807, 2.05) is 0 Å². The molecule has 0 atom stereocenters. The molecule has 0 heterocycles. The quantitative estimate of drug-likeness (QED) is 0.421. The van der Waals surface area contributed by atoms with Gasteiger partial charge in [0.2, 0.25) is 0 Å². The fourth-order valence-electron chi connectivity index (χ4n) is 0.515. The van der Waals surface area contributed by atoms with Crippen molar-refractivity contribution in [3.8, 4) is 0 Å². The normalized spacial score (nSPS) is 10.0. The summed E-state index contributed by atoms with van der Waals surface area (Å²) in [7, 11) is 1.67. The van der Waals surface area contributed by atoms with Crippen LogP contribution >= 0.6 is 0 Å². The third-order valence-electron chi connectivity index (χ3n) is 0.978. The van der Waals surface area contributed by atoms with Gasteiger partial charge in [0.25, 0.3) is 0 Å². The summed E-state index contributed by atoms with van der Waals surface area (Å²) in [5.41, 5.74) is 0. The van der Waals surface area contributed by atoms with Crippen LogP contribution in [-0.2, 0) is 9.47 Å². The predicted octanol–water partition coefficient (Wildman–Crippen LogP) is 0.379. The van der Waals surface area contributed by atoms with Gasteiger partial charge in [0.05, 0.1) is 0 Å². The summed E-state index contributed by atoms with van der Waals surface area (Å²) in [4.78, 5) is 0. The van der Waals surface area contributed by atoms with E-state index in [9.17, 15) is 0 Å². The van der Waals surface area contributed by atoms with Crippen molar-refractivity contribution in [1.82, 2.24) is 0 Å². The first kappa shape index (κ1) is 8.88. The molecule has 0 aromatic heterocycles. The van der Waals surface area contributed by atoms with Crippen molar-refractivity contribution in [1.29, 1.82) is 0 Å². The van der Waals surface area contributed by atoms with Gasteiger partial charge in [-0.25, -0.2) is 0 Å². The number of hydrogen-bond donors (Lipinski definition) is 1. The van der Waals surface area contributed by atoms with Crippen LogP contribution in [0.2, 0.25) is 0 Å². The predicted molar refractivity (Wildman–Crippen MR) is 34.1 cm³/mol. The van der Waals surface area contributed by atoms with Crippen LogP contribution in [0.4, 0.5) is 0 Å². The van der Waals surface area contributed by atoms with Crippen LogP contribution in [-0.4, -0.2) is 32.2 Å². The Morgan fingerprint density at radius 1 is 1.22 bits per heavy atom. The lowest BCUT2D eigenvalue weighted by Gasteiger charge is -1.98. The molecule has 3 nitrogen and oxygen atoms in total. The number of rotatable bonds is 6. The van der Waals surface area contributed by atoms with Crippen LogP contribution in [0.1, 0.15) is 12.8 Å². The Kier molecular flexibility index (Phi) is 7.77. The molecule has 0 aromatic carbocycles. The maximum absolute atomic E-state index is 8.17. The molecule has 0 fully saturated rings. The summed E-state index contributed by atoms with van der Waals surface area (Å²) in [5.74, 6) is 0. The van der Waals surface area contributed by atoms with Gasteiger partial charge in [0.1, 0.15) is 6.79 Å². The second kappa shape index (κ2) is 7.88. The van der Waals surface area contributed by atoms with E-state index in [2.05, 4.69) is 4.74 Å². The third-order valence-corrected chi connectivity index (χ3v) is 0.978. The average molecular weight is 134 g/mol. The van der Waals surface area contributed by atoms with Crippen molar-refractivity contribution < 1.29 is 14.6 Å². The standard InChI is InChI=1S/C6H14O3/c1-8-4-2-3-5-9-6-7/h7H,2-6H2,1H3. The van der Waals surface area contributed by atoms with Gasteiger partial charge in [0.15, 0.2) is 0 Å². The highest BCUT2D eigenvalue weighted by Gasteiger charge is 1.85. The van der Waals surface area contributed by atoms with Gasteiger partial charge in [-0.15, -0.1) is 0 Å². The van der Waals surface area contributed by atoms with Crippen LogP contribution in [0.15, 0.2) is 0 Å². The van der Waals surface area contributed by atoms with Gasteiger partial charge in [0, 0.05) is 20.3 Å². The second-order valence-electron chi connectivity index (χ2n) is 1.74. The molecule has 9 heavy (non-hydrogen) atoms. The van der Waals surface area contributed by atoms with Crippen molar-refractivity contribution >= 4 is 0 Å². The Labute approximate surface area is 55.6 Å². The molecule has 0 aliphatic heterocycles. The molecule has 0 amide bonds. The average Bonchev–Trinajstić information content (AvgIpc) is 1.89. The third kappa shape index (κ3) is 7.88. The SMILES string of the molecule is COCCCCOCO. The maximum atomic E-state index is 8.17. The minimum Gasteiger partial charge on any atom is -0.385 e. The van der Waals surface area contributed by atoms with Crippen molar-refractivity contribution in [2.45, 2.75) is 12.8 Å². The Morgan fingerprint density at radius 3 is 2.44 bits per heavy atom. The lowest BCUT2D eigenvalue weighted by Crippen LogP contribution is -1.97. The number of aliphatic hydroxyl groups is 1. The second-order valence-corrected chi connectivity index (χ2v) is 1.74. The number of hydrogen-bond acceptors (Lipinski definition) is 3. The molecule has 1 N–H and O–H groups in total. The van der Waals surface area contributed by atoms with E-state index in [-0.39, 0.29) is 6.79 Å². The van der Waals surface area contributed by atoms with E-state index < -0.39 is 0 Å². The first-order valence-corrected chi connectivity index (χ1v) is 3.09. The van der Waals surface area contributed by atoms with Crippen molar-refractivity contribution in [2.24, 2.45) is 0 Å². The molecule has 0 saturated heterocycles. The molecule has 0 spiro atoms. The van der Waals surface area contributed by atoms with Crippen LogP contribution in [0.3, 0.4) is 0 Å². The van der Waals surface area contributed by atoms with Crippen LogP contribution in [0.5, 0.6) is 0 Å². The van der Waals surface area contributed by atoms with Crippen LogP contribution < -0.4 is 0 Å². The fraction of sp³-hybridized carbons (Fsp3) is 1.00. The first-order valence-electron chi connectivity index (χ1n) is 3.09. The van der Waals surface area contributed by atoms with E-state index >= 15 is 0 Å². The largest absolute Gasteiger partial charge is 0.385 e. The minimum absolute atomic E-state index is 0.174.